The molecule has 0 aliphatic rings. The Labute approximate surface area is 145 Å². The van der Waals surface area contributed by atoms with E-state index in [1.165, 1.54) is 0 Å². The SMILES string of the molecule is NC(=O)c1ccc2ccccc2c1Cc1c(O)ccc2ccccc12. The van der Waals surface area contributed by atoms with Gasteiger partial charge in [-0.1, -0.05) is 60.7 Å². The minimum Gasteiger partial charge on any atom is -0.508 e. The highest BCUT2D eigenvalue weighted by Crippen LogP contribution is 2.32. The third-order valence-corrected chi connectivity index (χ3v) is 4.68. The zero-order chi connectivity index (χ0) is 17.4. The lowest BCUT2D eigenvalue weighted by molar-refractivity contribution is 0.0999. The zero-order valence-electron chi connectivity index (χ0n) is 13.6. The van der Waals surface area contributed by atoms with Crippen LogP contribution in [0.1, 0.15) is 21.5 Å². The van der Waals surface area contributed by atoms with E-state index in [0.29, 0.717) is 12.0 Å². The first-order chi connectivity index (χ1) is 12.1. The lowest BCUT2D eigenvalue weighted by atomic mass is 9.91. The van der Waals surface area contributed by atoms with Crippen molar-refractivity contribution < 1.29 is 9.90 Å². The first-order valence-electron chi connectivity index (χ1n) is 8.15. The Morgan fingerprint density at radius 2 is 1.32 bits per heavy atom. The molecule has 0 aliphatic heterocycles. The summed E-state index contributed by atoms with van der Waals surface area (Å²) in [5.74, 6) is -0.234. The molecule has 0 aromatic heterocycles. The number of fused-ring (bicyclic) bond motifs is 2. The fraction of sp³-hybridized carbons (Fsp3) is 0.0455. The van der Waals surface area contributed by atoms with Crippen molar-refractivity contribution in [3.05, 3.63) is 89.5 Å². The molecular weight excluding hydrogens is 310 g/mol. The second-order valence-corrected chi connectivity index (χ2v) is 6.14. The van der Waals surface area contributed by atoms with Crippen LogP contribution in [-0.2, 0) is 6.42 Å². The fourth-order valence-corrected chi connectivity index (χ4v) is 3.44. The molecule has 25 heavy (non-hydrogen) atoms. The summed E-state index contributed by atoms with van der Waals surface area (Å²) in [6.45, 7) is 0. The number of rotatable bonds is 3. The van der Waals surface area contributed by atoms with Crippen LogP contribution in [0.3, 0.4) is 0 Å². The number of phenolic OH excluding ortho intramolecular Hbond substituents is 1. The zero-order valence-corrected chi connectivity index (χ0v) is 13.6. The number of nitrogens with two attached hydrogens (primary N) is 1. The molecule has 122 valence electrons. The van der Waals surface area contributed by atoms with Gasteiger partial charge in [0.1, 0.15) is 5.75 Å². The monoisotopic (exact) mass is 327 g/mol. The van der Waals surface area contributed by atoms with Crippen LogP contribution in [0.2, 0.25) is 0 Å². The van der Waals surface area contributed by atoms with E-state index < -0.39 is 5.91 Å². The van der Waals surface area contributed by atoms with Gasteiger partial charge in [-0.3, -0.25) is 4.79 Å². The lowest BCUT2D eigenvalue weighted by Gasteiger charge is -2.14. The van der Waals surface area contributed by atoms with Crippen LogP contribution in [0.25, 0.3) is 21.5 Å². The van der Waals surface area contributed by atoms with E-state index in [2.05, 4.69) is 0 Å². The van der Waals surface area contributed by atoms with E-state index in [0.717, 1.165) is 32.7 Å². The average molecular weight is 327 g/mol. The maximum absolute atomic E-state index is 12.0. The van der Waals surface area contributed by atoms with Gasteiger partial charge in [-0.2, -0.15) is 0 Å². The Balaban J connectivity index is 1.99. The summed E-state index contributed by atoms with van der Waals surface area (Å²) in [6.07, 6.45) is 0.437. The number of benzene rings is 4. The highest BCUT2D eigenvalue weighted by atomic mass is 16.3. The van der Waals surface area contributed by atoms with Crippen LogP contribution in [-0.4, -0.2) is 11.0 Å². The van der Waals surface area contributed by atoms with Gasteiger partial charge in [0, 0.05) is 17.5 Å². The van der Waals surface area contributed by atoms with Gasteiger partial charge in [0.05, 0.1) is 0 Å². The Morgan fingerprint density at radius 3 is 1.96 bits per heavy atom. The maximum atomic E-state index is 12.0. The molecule has 0 fully saturated rings. The van der Waals surface area contributed by atoms with Crippen LogP contribution < -0.4 is 5.73 Å². The highest BCUT2D eigenvalue weighted by Gasteiger charge is 2.15. The Bertz CT molecular complexity index is 1120. The molecule has 0 unspecified atom stereocenters. The van der Waals surface area contributed by atoms with Gasteiger partial charge in [-0.15, -0.1) is 0 Å². The summed E-state index contributed by atoms with van der Waals surface area (Å²) < 4.78 is 0. The number of amides is 1. The Morgan fingerprint density at radius 1 is 0.760 bits per heavy atom. The van der Waals surface area contributed by atoms with Crippen LogP contribution >= 0.6 is 0 Å². The van der Waals surface area contributed by atoms with Crippen molar-refractivity contribution >= 4 is 27.5 Å². The molecule has 0 aliphatic carbocycles. The molecule has 4 rings (SSSR count). The molecular formula is C22H17NO2. The smallest absolute Gasteiger partial charge is 0.249 e. The van der Waals surface area contributed by atoms with Crippen LogP contribution in [0.4, 0.5) is 0 Å². The van der Waals surface area contributed by atoms with Crippen molar-refractivity contribution in [1.82, 2.24) is 0 Å². The Hall–Kier alpha value is -3.33. The molecule has 3 N–H and O–H groups in total. The molecule has 4 aromatic rings. The topological polar surface area (TPSA) is 63.3 Å². The number of carbonyl (C=O) groups excluding carboxylic acids is 1. The van der Waals surface area contributed by atoms with Crippen LogP contribution in [0.15, 0.2) is 72.8 Å². The average Bonchev–Trinajstić information content (AvgIpc) is 2.64. The molecule has 0 spiro atoms. The molecule has 1 amide bonds. The Kier molecular flexibility index (Phi) is 3.62. The van der Waals surface area contributed by atoms with Crippen LogP contribution in [0, 0.1) is 0 Å². The number of hydrogen-bond donors (Lipinski definition) is 2. The molecule has 0 saturated heterocycles. The van der Waals surface area contributed by atoms with Crippen molar-refractivity contribution in [1.29, 1.82) is 0 Å². The minimum atomic E-state index is -0.458. The minimum absolute atomic E-state index is 0.224. The second kappa shape index (κ2) is 5.95. The highest BCUT2D eigenvalue weighted by molar-refractivity contribution is 6.01. The summed E-state index contributed by atoms with van der Waals surface area (Å²) in [4.78, 5) is 12.0. The van der Waals surface area contributed by atoms with Gasteiger partial charge in [-0.05, 0) is 39.2 Å². The van der Waals surface area contributed by atoms with E-state index in [9.17, 15) is 9.90 Å². The van der Waals surface area contributed by atoms with Gasteiger partial charge in [0.15, 0.2) is 0 Å². The quantitative estimate of drug-likeness (QED) is 0.586. The molecule has 0 atom stereocenters. The summed E-state index contributed by atoms with van der Waals surface area (Å²) in [7, 11) is 0. The molecule has 0 heterocycles. The van der Waals surface area contributed by atoms with Gasteiger partial charge in [0.2, 0.25) is 5.91 Å². The molecule has 0 bridgehead atoms. The first kappa shape index (κ1) is 15.2. The molecule has 0 saturated carbocycles. The van der Waals surface area contributed by atoms with E-state index in [4.69, 9.17) is 5.73 Å². The van der Waals surface area contributed by atoms with Crippen molar-refractivity contribution in [3.8, 4) is 5.75 Å². The van der Waals surface area contributed by atoms with E-state index in [1.54, 1.807) is 12.1 Å². The molecule has 3 nitrogen and oxygen atoms in total. The second-order valence-electron chi connectivity index (χ2n) is 6.14. The number of phenols is 1. The van der Waals surface area contributed by atoms with Gasteiger partial charge < -0.3 is 10.8 Å². The van der Waals surface area contributed by atoms with Gasteiger partial charge >= 0.3 is 0 Å². The normalized spacial score (nSPS) is 11.0. The van der Waals surface area contributed by atoms with Gasteiger partial charge in [0.25, 0.3) is 0 Å². The summed E-state index contributed by atoms with van der Waals surface area (Å²) >= 11 is 0. The third kappa shape index (κ3) is 2.60. The van der Waals surface area contributed by atoms with Crippen LogP contribution in [0.5, 0.6) is 5.75 Å². The van der Waals surface area contributed by atoms with E-state index in [1.807, 2.05) is 60.7 Å². The predicted octanol–water partition coefficient (Wildman–Crippen LogP) is 4.39. The third-order valence-electron chi connectivity index (χ3n) is 4.68. The molecule has 3 heteroatoms. The van der Waals surface area contributed by atoms with Crippen molar-refractivity contribution in [2.75, 3.05) is 0 Å². The number of aromatic hydroxyl groups is 1. The summed E-state index contributed by atoms with van der Waals surface area (Å²) in [5.41, 5.74) is 7.75. The van der Waals surface area contributed by atoms with E-state index in [-0.39, 0.29) is 5.75 Å². The predicted molar refractivity (Wildman–Crippen MR) is 101 cm³/mol. The fourth-order valence-electron chi connectivity index (χ4n) is 3.44. The molecule has 0 radical (unpaired) electrons. The summed E-state index contributed by atoms with van der Waals surface area (Å²) in [5, 5.41) is 14.5. The standard InChI is InChI=1S/C22H17NO2/c23-22(25)18-11-9-14-5-1-3-7-16(14)19(18)13-20-17-8-4-2-6-15(17)10-12-21(20)24/h1-12,24H,13H2,(H2,23,25). The number of hydrogen-bond acceptors (Lipinski definition) is 2. The number of primary amides is 1. The van der Waals surface area contributed by atoms with Crippen molar-refractivity contribution in [2.24, 2.45) is 5.73 Å². The maximum Gasteiger partial charge on any atom is 0.249 e. The molecule has 4 aromatic carbocycles. The largest absolute Gasteiger partial charge is 0.508 e. The van der Waals surface area contributed by atoms with Gasteiger partial charge in [-0.25, -0.2) is 0 Å². The first-order valence-corrected chi connectivity index (χ1v) is 8.15. The number of carbonyl (C=O) groups is 1. The summed E-state index contributed by atoms with van der Waals surface area (Å²) in [6, 6.07) is 23.1. The van der Waals surface area contributed by atoms with Crippen molar-refractivity contribution in [3.63, 3.8) is 0 Å². The van der Waals surface area contributed by atoms with E-state index >= 15 is 0 Å². The van der Waals surface area contributed by atoms with Crippen molar-refractivity contribution in [2.45, 2.75) is 6.42 Å². The lowest BCUT2D eigenvalue weighted by Crippen LogP contribution is -2.14.